The summed E-state index contributed by atoms with van der Waals surface area (Å²) >= 11 is 1.95. The van der Waals surface area contributed by atoms with E-state index in [-0.39, 0.29) is 0 Å². The van der Waals surface area contributed by atoms with E-state index in [9.17, 15) is 0 Å². The van der Waals surface area contributed by atoms with Gasteiger partial charge in [0.2, 0.25) is 0 Å². The normalized spacial score (nSPS) is 21.4. The Bertz CT molecular complexity index is 773. The number of benzene rings is 1. The van der Waals surface area contributed by atoms with Crippen molar-refractivity contribution in [3.05, 3.63) is 62.3 Å². The molecule has 1 unspecified atom stereocenters. The van der Waals surface area contributed by atoms with Crippen molar-refractivity contribution in [3.8, 4) is 0 Å². The van der Waals surface area contributed by atoms with Crippen LogP contribution in [0.5, 0.6) is 0 Å². The second-order valence-corrected chi connectivity index (χ2v) is 8.32. The zero-order chi connectivity index (χ0) is 16.7. The summed E-state index contributed by atoms with van der Waals surface area (Å²) in [5.41, 5.74) is 9.21. The first-order chi connectivity index (χ1) is 11.7. The molecule has 1 aliphatic heterocycles. The van der Waals surface area contributed by atoms with Crippen molar-refractivity contribution in [3.63, 3.8) is 0 Å². The van der Waals surface area contributed by atoms with Gasteiger partial charge in [-0.2, -0.15) is 0 Å². The Morgan fingerprint density at radius 3 is 2.67 bits per heavy atom. The minimum Gasteiger partial charge on any atom is -0.303 e. The number of fused-ring (bicyclic) bond motifs is 2. The smallest absolute Gasteiger partial charge is 0.0155 e. The maximum atomic E-state index is 2.58. The molecule has 1 fully saturated rings. The van der Waals surface area contributed by atoms with Crippen LogP contribution < -0.4 is 0 Å². The predicted molar refractivity (Wildman–Crippen MR) is 105 cm³/mol. The standard InChI is InChI=1S/C22H27NS/c1-4-23-10-7-17(8-11-23)21-19-9-12-24-22(19)16(3)14-18-6-5-15(2)13-20(18)21/h5-6,9,12-13,16H,4,7-8,10-11,14H2,1-3H3. The summed E-state index contributed by atoms with van der Waals surface area (Å²) in [6.07, 6.45) is 3.61. The molecule has 1 aromatic heterocycles. The van der Waals surface area contributed by atoms with Crippen LogP contribution in [-0.2, 0) is 6.42 Å². The first-order valence-corrected chi connectivity index (χ1v) is 10.2. The Labute approximate surface area is 150 Å². The highest BCUT2D eigenvalue weighted by atomic mass is 32.1. The number of rotatable bonds is 1. The highest BCUT2D eigenvalue weighted by Crippen LogP contribution is 2.44. The van der Waals surface area contributed by atoms with Gasteiger partial charge in [0.25, 0.3) is 0 Å². The molecule has 2 aromatic rings. The number of hydrogen-bond donors (Lipinski definition) is 0. The fraction of sp³-hybridized carbons (Fsp3) is 0.455. The van der Waals surface area contributed by atoms with Crippen LogP contribution in [0.2, 0.25) is 0 Å². The molecule has 2 heteroatoms. The number of aryl methyl sites for hydroxylation is 1. The van der Waals surface area contributed by atoms with E-state index in [1.54, 1.807) is 16.0 Å². The average Bonchev–Trinajstić information content (AvgIpc) is 3.03. The molecule has 1 saturated heterocycles. The lowest BCUT2D eigenvalue weighted by Crippen LogP contribution is -2.30. The monoisotopic (exact) mass is 337 g/mol. The van der Waals surface area contributed by atoms with Crippen molar-refractivity contribution < 1.29 is 0 Å². The van der Waals surface area contributed by atoms with Crippen LogP contribution in [0.1, 0.15) is 59.7 Å². The summed E-state index contributed by atoms with van der Waals surface area (Å²) in [6, 6.07) is 9.47. The Balaban J connectivity index is 1.90. The van der Waals surface area contributed by atoms with E-state index in [1.165, 1.54) is 61.2 Å². The fourth-order valence-corrected chi connectivity index (χ4v) is 5.31. The molecule has 1 nitrogen and oxygen atoms in total. The van der Waals surface area contributed by atoms with Crippen molar-refractivity contribution in [2.75, 3.05) is 19.6 Å². The van der Waals surface area contributed by atoms with Crippen LogP contribution in [-0.4, -0.2) is 24.5 Å². The molecular weight excluding hydrogens is 310 g/mol. The van der Waals surface area contributed by atoms with Crippen LogP contribution in [0.3, 0.4) is 0 Å². The van der Waals surface area contributed by atoms with Gasteiger partial charge >= 0.3 is 0 Å². The first-order valence-electron chi connectivity index (χ1n) is 9.29. The molecule has 2 heterocycles. The minimum atomic E-state index is 0.621. The number of piperidine rings is 1. The molecule has 0 saturated carbocycles. The minimum absolute atomic E-state index is 0.621. The summed E-state index contributed by atoms with van der Waals surface area (Å²) in [7, 11) is 0. The molecule has 0 bridgehead atoms. The van der Waals surface area contributed by atoms with Crippen LogP contribution in [0.4, 0.5) is 0 Å². The van der Waals surface area contributed by atoms with E-state index < -0.39 is 0 Å². The third kappa shape index (κ3) is 2.76. The Morgan fingerprint density at radius 2 is 1.92 bits per heavy atom. The Kier molecular flexibility index (Phi) is 4.36. The van der Waals surface area contributed by atoms with E-state index in [0.717, 1.165) is 0 Å². The van der Waals surface area contributed by atoms with E-state index in [1.807, 2.05) is 11.3 Å². The van der Waals surface area contributed by atoms with Gasteiger partial charge in [0.05, 0.1) is 0 Å². The van der Waals surface area contributed by atoms with Crippen LogP contribution in [0, 0.1) is 6.92 Å². The highest BCUT2D eigenvalue weighted by molar-refractivity contribution is 7.10. The van der Waals surface area contributed by atoms with E-state index in [2.05, 4.69) is 55.3 Å². The quantitative estimate of drug-likeness (QED) is 0.651. The number of likely N-dealkylation sites (tertiary alicyclic amines) is 1. The van der Waals surface area contributed by atoms with Crippen molar-refractivity contribution in [1.82, 2.24) is 4.90 Å². The van der Waals surface area contributed by atoms with Gasteiger partial charge in [-0.1, -0.05) is 43.2 Å². The first kappa shape index (κ1) is 16.1. The topological polar surface area (TPSA) is 3.24 Å². The van der Waals surface area contributed by atoms with Gasteiger partial charge in [-0.15, -0.1) is 11.3 Å². The molecule has 126 valence electrons. The maximum Gasteiger partial charge on any atom is 0.0155 e. The third-order valence-corrected chi connectivity index (χ3v) is 6.88. The number of nitrogens with zero attached hydrogens (tertiary/aromatic N) is 1. The van der Waals surface area contributed by atoms with E-state index in [0.29, 0.717) is 5.92 Å². The lowest BCUT2D eigenvalue weighted by Gasteiger charge is -2.29. The number of hydrogen-bond acceptors (Lipinski definition) is 2. The molecular formula is C22H27NS. The molecule has 0 spiro atoms. The molecule has 0 radical (unpaired) electrons. The molecule has 1 atom stereocenters. The molecule has 2 aliphatic rings. The molecule has 24 heavy (non-hydrogen) atoms. The summed E-state index contributed by atoms with van der Waals surface area (Å²) < 4.78 is 0. The Hall–Kier alpha value is -1.38. The number of thiophene rings is 1. The second-order valence-electron chi connectivity index (χ2n) is 7.38. The SMILES string of the molecule is CCN1CCC(=C2c3cc(C)ccc3CC(C)c3sccc32)CC1. The van der Waals surface area contributed by atoms with Crippen LogP contribution in [0.15, 0.2) is 35.2 Å². The highest BCUT2D eigenvalue weighted by Gasteiger charge is 2.27. The average molecular weight is 338 g/mol. The van der Waals surface area contributed by atoms with Gasteiger partial charge in [-0.25, -0.2) is 0 Å². The lowest BCUT2D eigenvalue weighted by molar-refractivity contribution is 0.270. The van der Waals surface area contributed by atoms with Gasteiger partial charge < -0.3 is 4.90 Å². The van der Waals surface area contributed by atoms with Crippen molar-refractivity contribution in [1.29, 1.82) is 0 Å². The summed E-state index contributed by atoms with van der Waals surface area (Å²) in [5, 5.41) is 2.30. The molecule has 0 N–H and O–H groups in total. The van der Waals surface area contributed by atoms with Crippen molar-refractivity contribution in [2.45, 2.75) is 46.0 Å². The second kappa shape index (κ2) is 6.50. The third-order valence-electron chi connectivity index (χ3n) is 5.73. The maximum absolute atomic E-state index is 2.58. The van der Waals surface area contributed by atoms with Gasteiger partial charge in [0, 0.05) is 18.0 Å². The molecule has 4 rings (SSSR count). The fourth-order valence-electron chi connectivity index (χ4n) is 4.35. The van der Waals surface area contributed by atoms with Gasteiger partial charge in [-0.3, -0.25) is 0 Å². The van der Waals surface area contributed by atoms with Gasteiger partial charge in [-0.05, 0) is 72.4 Å². The predicted octanol–water partition coefficient (Wildman–Crippen LogP) is 5.63. The van der Waals surface area contributed by atoms with Crippen molar-refractivity contribution in [2.24, 2.45) is 0 Å². The molecule has 0 amide bonds. The summed E-state index contributed by atoms with van der Waals surface area (Å²) in [6.45, 7) is 10.5. The molecule has 1 aromatic carbocycles. The summed E-state index contributed by atoms with van der Waals surface area (Å²) in [4.78, 5) is 4.17. The molecule has 1 aliphatic carbocycles. The van der Waals surface area contributed by atoms with Crippen LogP contribution in [0.25, 0.3) is 5.57 Å². The summed E-state index contributed by atoms with van der Waals surface area (Å²) in [5.74, 6) is 0.621. The van der Waals surface area contributed by atoms with Crippen LogP contribution >= 0.6 is 11.3 Å². The van der Waals surface area contributed by atoms with Gasteiger partial charge in [0.15, 0.2) is 0 Å². The van der Waals surface area contributed by atoms with Gasteiger partial charge in [0.1, 0.15) is 0 Å². The lowest BCUT2D eigenvalue weighted by atomic mass is 9.87. The van der Waals surface area contributed by atoms with E-state index >= 15 is 0 Å². The zero-order valence-corrected chi connectivity index (χ0v) is 15.9. The zero-order valence-electron chi connectivity index (χ0n) is 15.1. The van der Waals surface area contributed by atoms with Crippen molar-refractivity contribution >= 4 is 16.9 Å². The Morgan fingerprint density at radius 1 is 1.12 bits per heavy atom. The van der Waals surface area contributed by atoms with E-state index in [4.69, 9.17) is 0 Å². The largest absolute Gasteiger partial charge is 0.303 e.